The maximum Gasteiger partial charge on any atom is 0.234 e. The Morgan fingerprint density at radius 3 is 2.58 bits per heavy atom. The van der Waals surface area contributed by atoms with Crippen LogP contribution in [0.15, 0.2) is 58.9 Å². The molecule has 0 atom stereocenters. The van der Waals surface area contributed by atoms with Gasteiger partial charge in [0.2, 0.25) is 5.91 Å². The molecule has 0 fully saturated rings. The number of rotatable bonds is 7. The molecule has 0 saturated carbocycles. The molecule has 1 N–H and O–H groups in total. The molecule has 1 aromatic heterocycles. The lowest BCUT2D eigenvalue weighted by Gasteiger charge is -2.05. The zero-order valence-electron chi connectivity index (χ0n) is 14.7. The molecule has 0 unspecified atom stereocenters. The number of methoxy groups -OCH3 is 1. The van der Waals surface area contributed by atoms with E-state index in [0.29, 0.717) is 5.75 Å². The number of amides is 1. The lowest BCUT2D eigenvalue weighted by Crippen LogP contribution is -2.13. The number of thiazole rings is 1. The molecule has 134 valence electrons. The van der Waals surface area contributed by atoms with Crippen LogP contribution in [-0.4, -0.2) is 23.8 Å². The first kappa shape index (κ1) is 18.5. The van der Waals surface area contributed by atoms with Crippen LogP contribution in [0.4, 0.5) is 5.69 Å². The summed E-state index contributed by atoms with van der Waals surface area (Å²) in [4.78, 5) is 18.0. The molecule has 3 aromatic rings. The van der Waals surface area contributed by atoms with Gasteiger partial charge in [0.05, 0.1) is 18.6 Å². The van der Waals surface area contributed by atoms with Crippen LogP contribution in [0.3, 0.4) is 0 Å². The van der Waals surface area contributed by atoms with Gasteiger partial charge in [0.15, 0.2) is 4.34 Å². The fourth-order valence-corrected chi connectivity index (χ4v) is 4.48. The van der Waals surface area contributed by atoms with E-state index in [0.717, 1.165) is 27.9 Å². The van der Waals surface area contributed by atoms with E-state index in [1.807, 2.05) is 49.4 Å². The Bertz CT molecular complexity index is 861. The molecule has 0 saturated heterocycles. The second-order valence-electron chi connectivity index (χ2n) is 5.72. The lowest BCUT2D eigenvalue weighted by molar-refractivity contribution is -0.113. The summed E-state index contributed by atoms with van der Waals surface area (Å²) in [6.45, 7) is 2.02. The van der Waals surface area contributed by atoms with Crippen molar-refractivity contribution in [2.45, 2.75) is 17.7 Å². The van der Waals surface area contributed by atoms with Gasteiger partial charge in [-0.15, -0.1) is 11.3 Å². The molecular weight excluding hydrogens is 364 g/mol. The minimum atomic E-state index is -0.0439. The quantitative estimate of drug-likeness (QED) is 0.596. The van der Waals surface area contributed by atoms with Gasteiger partial charge in [-0.1, -0.05) is 42.1 Å². The van der Waals surface area contributed by atoms with Gasteiger partial charge in [0.25, 0.3) is 0 Å². The van der Waals surface area contributed by atoms with Crippen LogP contribution in [0.25, 0.3) is 0 Å². The average molecular weight is 385 g/mol. The number of hydrogen-bond acceptors (Lipinski definition) is 5. The van der Waals surface area contributed by atoms with Gasteiger partial charge in [0.1, 0.15) is 5.75 Å². The normalized spacial score (nSPS) is 10.5. The highest BCUT2D eigenvalue weighted by Gasteiger charge is 2.11. The number of carbonyl (C=O) groups excluding carboxylic acids is 1. The third-order valence-electron chi connectivity index (χ3n) is 3.78. The highest BCUT2D eigenvalue weighted by molar-refractivity contribution is 8.01. The fourth-order valence-electron chi connectivity index (χ4n) is 2.41. The zero-order valence-corrected chi connectivity index (χ0v) is 16.3. The number of thioether (sulfide) groups is 1. The SMILES string of the molecule is COc1ccc(NC(=O)CSc2nc(C)c(Cc3ccccc3)s2)cc1. The second kappa shape index (κ2) is 8.87. The third-order valence-corrected chi connectivity index (χ3v) is 6.08. The molecule has 0 bridgehead atoms. The Morgan fingerprint density at radius 1 is 1.15 bits per heavy atom. The molecule has 0 aliphatic heterocycles. The summed E-state index contributed by atoms with van der Waals surface area (Å²) in [5.74, 6) is 1.06. The summed E-state index contributed by atoms with van der Waals surface area (Å²) < 4.78 is 6.04. The lowest BCUT2D eigenvalue weighted by atomic mass is 10.1. The smallest absolute Gasteiger partial charge is 0.234 e. The maximum atomic E-state index is 12.1. The number of anilines is 1. The van der Waals surface area contributed by atoms with Gasteiger partial charge < -0.3 is 10.1 Å². The van der Waals surface area contributed by atoms with Crippen LogP contribution < -0.4 is 10.1 Å². The van der Waals surface area contributed by atoms with Gasteiger partial charge in [-0.05, 0) is 36.8 Å². The second-order valence-corrected chi connectivity index (χ2v) is 8.02. The van der Waals surface area contributed by atoms with Crippen molar-refractivity contribution in [2.75, 3.05) is 18.2 Å². The van der Waals surface area contributed by atoms with Gasteiger partial charge in [0, 0.05) is 17.0 Å². The van der Waals surface area contributed by atoms with Crippen molar-refractivity contribution >= 4 is 34.7 Å². The molecular formula is C20H20N2O2S2. The summed E-state index contributed by atoms with van der Waals surface area (Å²) in [5, 5.41) is 2.89. The van der Waals surface area contributed by atoms with Gasteiger partial charge in [-0.3, -0.25) is 4.79 Å². The predicted octanol–water partition coefficient (Wildman–Crippen LogP) is 4.78. The first-order valence-electron chi connectivity index (χ1n) is 8.21. The van der Waals surface area contributed by atoms with E-state index < -0.39 is 0 Å². The van der Waals surface area contributed by atoms with Crippen LogP contribution in [0.1, 0.15) is 16.1 Å². The highest BCUT2D eigenvalue weighted by atomic mass is 32.2. The summed E-state index contributed by atoms with van der Waals surface area (Å²) in [5.41, 5.74) is 3.07. The van der Waals surface area contributed by atoms with Crippen molar-refractivity contribution < 1.29 is 9.53 Å². The highest BCUT2D eigenvalue weighted by Crippen LogP contribution is 2.29. The fraction of sp³-hybridized carbons (Fsp3) is 0.200. The van der Waals surface area contributed by atoms with Crippen molar-refractivity contribution in [1.29, 1.82) is 0 Å². The van der Waals surface area contributed by atoms with E-state index in [9.17, 15) is 4.79 Å². The monoisotopic (exact) mass is 384 g/mol. The molecule has 0 spiro atoms. The molecule has 0 aliphatic rings. The topological polar surface area (TPSA) is 51.2 Å². The number of aryl methyl sites for hydroxylation is 1. The Labute approximate surface area is 161 Å². The molecule has 1 heterocycles. The van der Waals surface area contributed by atoms with Crippen molar-refractivity contribution in [2.24, 2.45) is 0 Å². The minimum absolute atomic E-state index is 0.0439. The first-order valence-corrected chi connectivity index (χ1v) is 10.0. The minimum Gasteiger partial charge on any atom is -0.497 e. The molecule has 26 heavy (non-hydrogen) atoms. The van der Waals surface area contributed by atoms with E-state index in [1.54, 1.807) is 18.4 Å². The number of aromatic nitrogens is 1. The van der Waals surface area contributed by atoms with Crippen LogP contribution in [0.5, 0.6) is 5.75 Å². The molecule has 0 aliphatic carbocycles. The molecule has 0 radical (unpaired) electrons. The summed E-state index contributed by atoms with van der Waals surface area (Å²) in [6.07, 6.45) is 0.878. The van der Waals surface area contributed by atoms with Crippen molar-refractivity contribution in [3.8, 4) is 5.75 Å². The Balaban J connectivity index is 1.54. The third kappa shape index (κ3) is 5.09. The Hall–Kier alpha value is -2.31. The van der Waals surface area contributed by atoms with Crippen LogP contribution in [0.2, 0.25) is 0 Å². The average Bonchev–Trinajstić information content (AvgIpc) is 3.01. The molecule has 2 aromatic carbocycles. The molecule has 3 rings (SSSR count). The zero-order chi connectivity index (χ0) is 18.4. The summed E-state index contributed by atoms with van der Waals surface area (Å²) in [7, 11) is 1.62. The van der Waals surface area contributed by atoms with Crippen molar-refractivity contribution in [1.82, 2.24) is 4.98 Å². The number of hydrogen-bond donors (Lipinski definition) is 1. The van der Waals surface area contributed by atoms with Gasteiger partial charge >= 0.3 is 0 Å². The summed E-state index contributed by atoms with van der Waals surface area (Å²) >= 11 is 3.13. The van der Waals surface area contributed by atoms with Crippen molar-refractivity contribution in [3.05, 3.63) is 70.7 Å². The maximum absolute atomic E-state index is 12.1. The Morgan fingerprint density at radius 2 is 1.88 bits per heavy atom. The first-order chi connectivity index (χ1) is 12.6. The van der Waals surface area contributed by atoms with Crippen LogP contribution in [-0.2, 0) is 11.2 Å². The Kier molecular flexibility index (Phi) is 6.30. The van der Waals surface area contributed by atoms with E-state index >= 15 is 0 Å². The van der Waals surface area contributed by atoms with Crippen LogP contribution in [0, 0.1) is 6.92 Å². The van der Waals surface area contributed by atoms with Gasteiger partial charge in [-0.2, -0.15) is 0 Å². The van der Waals surface area contributed by atoms with E-state index in [4.69, 9.17) is 4.74 Å². The number of benzene rings is 2. The molecule has 6 heteroatoms. The summed E-state index contributed by atoms with van der Waals surface area (Å²) in [6, 6.07) is 17.6. The van der Waals surface area contributed by atoms with E-state index in [2.05, 4.69) is 22.4 Å². The molecule has 1 amide bonds. The van der Waals surface area contributed by atoms with E-state index in [-0.39, 0.29) is 5.91 Å². The van der Waals surface area contributed by atoms with Crippen molar-refractivity contribution in [3.63, 3.8) is 0 Å². The largest absolute Gasteiger partial charge is 0.497 e. The van der Waals surface area contributed by atoms with Gasteiger partial charge in [-0.25, -0.2) is 4.98 Å². The number of carbonyl (C=O) groups is 1. The predicted molar refractivity (Wildman–Crippen MR) is 108 cm³/mol. The number of ether oxygens (including phenoxy) is 1. The standard InChI is InChI=1S/C20H20N2O2S2/c1-14-18(12-15-6-4-3-5-7-15)26-20(21-14)25-13-19(23)22-16-8-10-17(24-2)11-9-16/h3-11H,12-13H2,1-2H3,(H,22,23). The molecule has 4 nitrogen and oxygen atoms in total. The van der Waals surface area contributed by atoms with E-state index in [1.165, 1.54) is 22.2 Å². The van der Waals surface area contributed by atoms with Crippen LogP contribution >= 0.6 is 23.1 Å². The number of nitrogens with one attached hydrogen (secondary N) is 1. The number of nitrogens with zero attached hydrogens (tertiary/aromatic N) is 1.